The number of amides is 1. The van der Waals surface area contributed by atoms with E-state index in [9.17, 15) is 9.18 Å². The first-order valence-corrected chi connectivity index (χ1v) is 8.08. The van der Waals surface area contributed by atoms with Crippen LogP contribution >= 0.6 is 0 Å². The molecule has 0 radical (unpaired) electrons. The Morgan fingerprint density at radius 1 is 1.15 bits per heavy atom. The smallest absolute Gasteiger partial charge is 0.242 e. The molecule has 134 valence electrons. The molecule has 1 heterocycles. The summed E-state index contributed by atoms with van der Waals surface area (Å²) >= 11 is 0. The van der Waals surface area contributed by atoms with Gasteiger partial charge in [-0.05, 0) is 54.4 Å². The van der Waals surface area contributed by atoms with Crippen molar-refractivity contribution in [3.8, 4) is 5.69 Å². The zero-order chi connectivity index (χ0) is 18.5. The molecule has 3 rings (SSSR count). The van der Waals surface area contributed by atoms with Crippen LogP contribution in [0.4, 0.5) is 4.39 Å². The third-order valence-corrected chi connectivity index (χ3v) is 3.91. The van der Waals surface area contributed by atoms with Crippen LogP contribution in [0.3, 0.4) is 0 Å². The minimum Gasteiger partial charge on any atom is -0.347 e. The van der Waals surface area contributed by atoms with E-state index in [1.54, 1.807) is 35.8 Å². The minimum atomic E-state index is -0.545. The summed E-state index contributed by atoms with van der Waals surface area (Å²) in [7, 11) is 3.59. The number of carbonyl (C=O) groups is 1. The molecule has 8 heteroatoms. The Hall–Kier alpha value is -3.13. The van der Waals surface area contributed by atoms with Crippen LogP contribution in [0.1, 0.15) is 17.4 Å². The number of para-hydroxylation sites is 1. The van der Waals surface area contributed by atoms with E-state index >= 15 is 0 Å². The van der Waals surface area contributed by atoms with Crippen LogP contribution in [0.5, 0.6) is 0 Å². The maximum Gasteiger partial charge on any atom is 0.242 e. The number of nitrogens with one attached hydrogen (secondary N) is 1. The molecule has 0 saturated carbocycles. The fourth-order valence-corrected chi connectivity index (χ4v) is 2.68. The lowest BCUT2D eigenvalue weighted by atomic mass is 10.1. The third kappa shape index (κ3) is 3.92. The molecule has 0 aliphatic rings. The second-order valence-electron chi connectivity index (χ2n) is 5.98. The van der Waals surface area contributed by atoms with Crippen LogP contribution in [-0.2, 0) is 11.3 Å². The molecule has 26 heavy (non-hydrogen) atoms. The number of halogens is 1. The normalized spacial score (nSPS) is 12.2. The van der Waals surface area contributed by atoms with E-state index in [2.05, 4.69) is 20.8 Å². The maximum atomic E-state index is 13.2. The minimum absolute atomic E-state index is 0.173. The summed E-state index contributed by atoms with van der Waals surface area (Å²) in [5, 5.41) is 14.5. The molecular weight excluding hydrogens is 335 g/mol. The van der Waals surface area contributed by atoms with Gasteiger partial charge in [-0.1, -0.05) is 30.3 Å². The lowest BCUT2D eigenvalue weighted by Crippen LogP contribution is -2.37. The lowest BCUT2D eigenvalue weighted by molar-refractivity contribution is -0.126. The fraction of sp³-hybridized carbons (Fsp3) is 0.222. The van der Waals surface area contributed by atoms with Crippen LogP contribution in [0, 0.1) is 5.82 Å². The molecule has 0 bridgehead atoms. The van der Waals surface area contributed by atoms with E-state index in [0.717, 1.165) is 5.69 Å². The van der Waals surface area contributed by atoms with Crippen LogP contribution in [0.2, 0.25) is 0 Å². The standard InChI is InChI=1S/C18H19FN6O/c1-24(2)17(13-8-10-14(19)11-9-13)18(26)20-12-16-21-22-23-25(16)15-6-4-3-5-7-15/h3-11,17H,12H2,1-2H3,(H,20,26). The van der Waals surface area contributed by atoms with Gasteiger partial charge in [0.15, 0.2) is 5.82 Å². The van der Waals surface area contributed by atoms with Gasteiger partial charge in [-0.3, -0.25) is 9.69 Å². The Morgan fingerprint density at radius 3 is 2.50 bits per heavy atom. The fourth-order valence-electron chi connectivity index (χ4n) is 2.68. The highest BCUT2D eigenvalue weighted by atomic mass is 19.1. The largest absolute Gasteiger partial charge is 0.347 e. The third-order valence-electron chi connectivity index (χ3n) is 3.91. The molecule has 2 aromatic carbocycles. The molecule has 0 aliphatic heterocycles. The predicted molar refractivity (Wildman–Crippen MR) is 93.8 cm³/mol. The molecule has 3 aromatic rings. The van der Waals surface area contributed by atoms with Gasteiger partial charge in [0.2, 0.25) is 5.91 Å². The van der Waals surface area contributed by atoms with E-state index < -0.39 is 6.04 Å². The van der Waals surface area contributed by atoms with Gasteiger partial charge in [-0.25, -0.2) is 4.39 Å². The first kappa shape index (κ1) is 17.7. The molecule has 1 atom stereocenters. The van der Waals surface area contributed by atoms with Crippen molar-refractivity contribution >= 4 is 5.91 Å². The number of nitrogens with zero attached hydrogens (tertiary/aromatic N) is 5. The van der Waals surface area contributed by atoms with Crippen molar-refractivity contribution in [3.63, 3.8) is 0 Å². The Balaban J connectivity index is 1.74. The van der Waals surface area contributed by atoms with Gasteiger partial charge >= 0.3 is 0 Å². The maximum absolute atomic E-state index is 13.2. The van der Waals surface area contributed by atoms with E-state index in [1.807, 2.05) is 30.3 Å². The molecule has 7 nitrogen and oxygen atoms in total. The summed E-state index contributed by atoms with van der Waals surface area (Å²) in [5.41, 5.74) is 1.51. The van der Waals surface area contributed by atoms with Crippen LogP contribution in [0.25, 0.3) is 5.69 Å². The van der Waals surface area contributed by atoms with Gasteiger partial charge in [-0.2, -0.15) is 4.68 Å². The molecular formula is C18H19FN6O. The number of likely N-dealkylation sites (N-methyl/N-ethyl adjacent to an activating group) is 1. The summed E-state index contributed by atoms with van der Waals surface area (Å²) in [6.45, 7) is 0.173. The van der Waals surface area contributed by atoms with Crippen LogP contribution < -0.4 is 5.32 Å². The molecule has 0 spiro atoms. The SMILES string of the molecule is CN(C)C(C(=O)NCc1nnnn1-c1ccccc1)c1ccc(F)cc1. The average Bonchev–Trinajstić information content (AvgIpc) is 3.11. The van der Waals surface area contributed by atoms with Crippen molar-refractivity contribution in [1.29, 1.82) is 0 Å². The topological polar surface area (TPSA) is 75.9 Å². The van der Waals surface area contributed by atoms with E-state index in [4.69, 9.17) is 0 Å². The van der Waals surface area contributed by atoms with Crippen molar-refractivity contribution in [1.82, 2.24) is 30.4 Å². The van der Waals surface area contributed by atoms with E-state index in [1.165, 1.54) is 12.1 Å². The molecule has 1 amide bonds. The number of hydrogen-bond donors (Lipinski definition) is 1. The number of hydrogen-bond acceptors (Lipinski definition) is 5. The number of rotatable bonds is 6. The zero-order valence-electron chi connectivity index (χ0n) is 14.5. The van der Waals surface area contributed by atoms with E-state index in [0.29, 0.717) is 11.4 Å². The number of benzene rings is 2. The second kappa shape index (κ2) is 7.83. The van der Waals surface area contributed by atoms with Gasteiger partial charge in [0.1, 0.15) is 11.9 Å². The van der Waals surface area contributed by atoms with Gasteiger partial charge < -0.3 is 5.32 Å². The quantitative estimate of drug-likeness (QED) is 0.729. The number of tetrazole rings is 1. The first-order chi connectivity index (χ1) is 12.6. The summed E-state index contributed by atoms with van der Waals surface area (Å²) in [6, 6.07) is 14.8. The van der Waals surface area contributed by atoms with Gasteiger partial charge in [0.05, 0.1) is 12.2 Å². The van der Waals surface area contributed by atoms with Gasteiger partial charge in [0.25, 0.3) is 0 Å². The lowest BCUT2D eigenvalue weighted by Gasteiger charge is -2.23. The van der Waals surface area contributed by atoms with Gasteiger partial charge in [0, 0.05) is 0 Å². The summed E-state index contributed by atoms with van der Waals surface area (Å²) in [5.74, 6) is -0.0425. The Kier molecular flexibility index (Phi) is 5.33. The summed E-state index contributed by atoms with van der Waals surface area (Å²) in [4.78, 5) is 14.5. The predicted octanol–water partition coefficient (Wildman–Crippen LogP) is 1.72. The summed E-state index contributed by atoms with van der Waals surface area (Å²) < 4.78 is 14.7. The van der Waals surface area contributed by atoms with Crippen molar-refractivity contribution in [2.75, 3.05) is 14.1 Å². The van der Waals surface area contributed by atoms with Crippen molar-refractivity contribution in [2.24, 2.45) is 0 Å². The Labute approximate surface area is 150 Å². The highest BCUT2D eigenvalue weighted by Crippen LogP contribution is 2.19. The first-order valence-electron chi connectivity index (χ1n) is 8.08. The highest BCUT2D eigenvalue weighted by molar-refractivity contribution is 5.83. The Morgan fingerprint density at radius 2 is 1.85 bits per heavy atom. The Bertz CT molecular complexity index is 863. The van der Waals surface area contributed by atoms with Gasteiger partial charge in [-0.15, -0.1) is 5.10 Å². The average molecular weight is 354 g/mol. The number of carbonyl (C=O) groups excluding carboxylic acids is 1. The monoisotopic (exact) mass is 354 g/mol. The summed E-state index contributed by atoms with van der Waals surface area (Å²) in [6.07, 6.45) is 0. The second-order valence-corrected chi connectivity index (χ2v) is 5.98. The molecule has 0 aliphatic carbocycles. The van der Waals surface area contributed by atoms with Crippen molar-refractivity contribution in [2.45, 2.75) is 12.6 Å². The van der Waals surface area contributed by atoms with E-state index in [-0.39, 0.29) is 18.3 Å². The van der Waals surface area contributed by atoms with Crippen LogP contribution in [-0.4, -0.2) is 45.1 Å². The molecule has 1 aromatic heterocycles. The van der Waals surface area contributed by atoms with Crippen molar-refractivity contribution in [3.05, 3.63) is 71.8 Å². The molecule has 0 saturated heterocycles. The zero-order valence-corrected chi connectivity index (χ0v) is 14.5. The molecule has 0 fully saturated rings. The number of aromatic nitrogens is 4. The highest BCUT2D eigenvalue weighted by Gasteiger charge is 2.23. The molecule has 1 unspecified atom stereocenters. The van der Waals surface area contributed by atoms with Crippen molar-refractivity contribution < 1.29 is 9.18 Å². The van der Waals surface area contributed by atoms with Crippen LogP contribution in [0.15, 0.2) is 54.6 Å². The molecule has 1 N–H and O–H groups in total.